The highest BCUT2D eigenvalue weighted by atomic mass is 35.5. The van der Waals surface area contributed by atoms with Crippen LogP contribution in [0.4, 0.5) is 8.78 Å². The molecule has 0 spiro atoms. The minimum Gasteiger partial charge on any atom is -0.435 e. The molecule has 0 saturated heterocycles. The maximum absolute atomic E-state index is 12.5. The number of alkyl halides is 2. The van der Waals surface area contributed by atoms with Crippen LogP contribution in [0.25, 0.3) is 0 Å². The molecule has 0 bridgehead atoms. The summed E-state index contributed by atoms with van der Waals surface area (Å²) in [4.78, 5) is 14.1. The number of carbonyl (C=O) groups excluding carboxylic acids is 1. The maximum Gasteiger partial charge on any atom is 0.387 e. The molecule has 3 nitrogen and oxygen atoms in total. The van der Waals surface area contributed by atoms with E-state index in [2.05, 4.69) is 4.74 Å². The summed E-state index contributed by atoms with van der Waals surface area (Å²) < 4.78 is 28.6. The van der Waals surface area contributed by atoms with E-state index in [1.165, 1.54) is 24.3 Å². The zero-order valence-corrected chi connectivity index (χ0v) is 14.1. The molecule has 0 radical (unpaired) electrons. The summed E-state index contributed by atoms with van der Waals surface area (Å²) in [7, 11) is 1.71. The lowest BCUT2D eigenvalue weighted by molar-refractivity contribution is -0.0498. The van der Waals surface area contributed by atoms with Crippen LogP contribution in [0.2, 0.25) is 5.02 Å². The molecule has 0 saturated carbocycles. The number of rotatable bonds is 6. The van der Waals surface area contributed by atoms with Gasteiger partial charge in [-0.05, 0) is 55.3 Å². The molecule has 0 fully saturated rings. The summed E-state index contributed by atoms with van der Waals surface area (Å²) in [6.07, 6.45) is 0.686. The van der Waals surface area contributed by atoms with Gasteiger partial charge in [-0.3, -0.25) is 4.79 Å². The fourth-order valence-electron chi connectivity index (χ4n) is 2.28. The molecule has 1 amide bonds. The minimum absolute atomic E-state index is 0.0263. The standard InChI is InChI=1S/C18H18ClF2NO2/c1-12(11-13-3-7-15(19)8-4-13)22(2)17(23)14-5-9-16(10-6-14)24-18(20)21/h3-10,12,18H,11H2,1-2H3. The number of hydrogen-bond donors (Lipinski definition) is 0. The number of carbonyl (C=O) groups is 1. The zero-order valence-electron chi connectivity index (χ0n) is 13.4. The molecule has 0 heterocycles. The largest absolute Gasteiger partial charge is 0.435 e. The van der Waals surface area contributed by atoms with E-state index in [4.69, 9.17) is 11.6 Å². The summed E-state index contributed by atoms with van der Waals surface area (Å²) in [5.41, 5.74) is 1.49. The van der Waals surface area contributed by atoms with Gasteiger partial charge in [0.15, 0.2) is 0 Å². The van der Waals surface area contributed by atoms with Crippen molar-refractivity contribution in [3.63, 3.8) is 0 Å². The van der Waals surface area contributed by atoms with Crippen molar-refractivity contribution < 1.29 is 18.3 Å². The Labute approximate surface area is 144 Å². The van der Waals surface area contributed by atoms with Gasteiger partial charge in [-0.25, -0.2) is 0 Å². The van der Waals surface area contributed by atoms with Crippen LogP contribution in [-0.2, 0) is 6.42 Å². The van der Waals surface area contributed by atoms with Gasteiger partial charge in [0.25, 0.3) is 5.91 Å². The highest BCUT2D eigenvalue weighted by molar-refractivity contribution is 6.30. The summed E-state index contributed by atoms with van der Waals surface area (Å²) in [6, 6.07) is 13.1. The van der Waals surface area contributed by atoms with Crippen LogP contribution in [-0.4, -0.2) is 30.5 Å². The molecule has 0 aromatic heterocycles. The van der Waals surface area contributed by atoms with Crippen LogP contribution in [0, 0.1) is 0 Å². The van der Waals surface area contributed by atoms with E-state index >= 15 is 0 Å². The monoisotopic (exact) mass is 353 g/mol. The van der Waals surface area contributed by atoms with E-state index in [1.807, 2.05) is 31.2 Å². The zero-order chi connectivity index (χ0) is 17.7. The van der Waals surface area contributed by atoms with E-state index in [9.17, 15) is 13.6 Å². The third-order valence-electron chi connectivity index (χ3n) is 3.75. The Balaban J connectivity index is 2.01. The van der Waals surface area contributed by atoms with Gasteiger partial charge in [-0.15, -0.1) is 0 Å². The fourth-order valence-corrected chi connectivity index (χ4v) is 2.41. The molecule has 128 valence electrons. The van der Waals surface area contributed by atoms with Crippen LogP contribution in [0.15, 0.2) is 48.5 Å². The number of ether oxygens (including phenoxy) is 1. The van der Waals surface area contributed by atoms with Crippen LogP contribution in [0.5, 0.6) is 5.75 Å². The molecule has 0 N–H and O–H groups in total. The van der Waals surface area contributed by atoms with Gasteiger partial charge in [-0.1, -0.05) is 23.7 Å². The molecular weight excluding hydrogens is 336 g/mol. The van der Waals surface area contributed by atoms with Gasteiger partial charge in [0.05, 0.1) is 0 Å². The number of nitrogens with zero attached hydrogens (tertiary/aromatic N) is 1. The predicted molar refractivity (Wildman–Crippen MR) is 89.8 cm³/mol. The van der Waals surface area contributed by atoms with Crippen LogP contribution in [0.3, 0.4) is 0 Å². The predicted octanol–water partition coefficient (Wildman–Crippen LogP) is 4.64. The topological polar surface area (TPSA) is 29.5 Å². The third-order valence-corrected chi connectivity index (χ3v) is 4.00. The number of hydrogen-bond acceptors (Lipinski definition) is 2. The Morgan fingerprint density at radius 1 is 1.12 bits per heavy atom. The third kappa shape index (κ3) is 4.93. The summed E-state index contributed by atoms with van der Waals surface area (Å²) >= 11 is 5.86. The van der Waals surface area contributed by atoms with Crippen molar-refractivity contribution in [2.75, 3.05) is 7.05 Å². The van der Waals surface area contributed by atoms with E-state index in [1.54, 1.807) is 11.9 Å². The first kappa shape index (κ1) is 18.2. The lowest BCUT2D eigenvalue weighted by atomic mass is 10.1. The van der Waals surface area contributed by atoms with Gasteiger partial charge in [0.1, 0.15) is 5.75 Å². The van der Waals surface area contributed by atoms with Crippen molar-refractivity contribution in [1.29, 1.82) is 0 Å². The molecule has 0 aliphatic rings. The normalized spacial score (nSPS) is 12.1. The lowest BCUT2D eigenvalue weighted by Gasteiger charge is -2.25. The Kier molecular flexibility index (Phi) is 6.15. The second kappa shape index (κ2) is 8.11. The Morgan fingerprint density at radius 3 is 2.25 bits per heavy atom. The molecule has 1 atom stereocenters. The summed E-state index contributed by atoms with van der Waals surface area (Å²) in [5, 5.41) is 0.668. The average Bonchev–Trinajstić information content (AvgIpc) is 2.55. The van der Waals surface area contributed by atoms with E-state index in [-0.39, 0.29) is 17.7 Å². The first-order valence-corrected chi connectivity index (χ1v) is 7.81. The molecule has 2 rings (SSSR count). The van der Waals surface area contributed by atoms with Crippen LogP contribution in [0.1, 0.15) is 22.8 Å². The highest BCUT2D eigenvalue weighted by Crippen LogP contribution is 2.18. The molecule has 6 heteroatoms. The Hall–Kier alpha value is -2.14. The molecule has 0 aliphatic heterocycles. The van der Waals surface area contributed by atoms with Crippen molar-refractivity contribution in [1.82, 2.24) is 4.90 Å². The quantitative estimate of drug-likeness (QED) is 0.756. The van der Waals surface area contributed by atoms with Crippen molar-refractivity contribution in [2.24, 2.45) is 0 Å². The van der Waals surface area contributed by atoms with Crippen molar-refractivity contribution in [2.45, 2.75) is 26.0 Å². The van der Waals surface area contributed by atoms with Crippen LogP contribution < -0.4 is 4.74 Å². The highest BCUT2D eigenvalue weighted by Gasteiger charge is 2.18. The van der Waals surface area contributed by atoms with E-state index < -0.39 is 6.61 Å². The molecule has 2 aromatic rings. The first-order valence-electron chi connectivity index (χ1n) is 7.43. The second-order valence-corrected chi connectivity index (χ2v) is 5.93. The Morgan fingerprint density at radius 2 is 1.71 bits per heavy atom. The van der Waals surface area contributed by atoms with Crippen molar-refractivity contribution >= 4 is 17.5 Å². The average molecular weight is 354 g/mol. The SMILES string of the molecule is CC(Cc1ccc(Cl)cc1)N(C)C(=O)c1ccc(OC(F)F)cc1. The van der Waals surface area contributed by atoms with Gasteiger partial charge in [0.2, 0.25) is 0 Å². The van der Waals surface area contributed by atoms with E-state index in [0.29, 0.717) is 17.0 Å². The smallest absolute Gasteiger partial charge is 0.387 e. The minimum atomic E-state index is -2.88. The molecular formula is C18H18ClF2NO2. The van der Waals surface area contributed by atoms with Crippen molar-refractivity contribution in [3.05, 3.63) is 64.7 Å². The Bertz CT molecular complexity index is 674. The van der Waals surface area contributed by atoms with Crippen molar-refractivity contribution in [3.8, 4) is 5.75 Å². The fraction of sp³-hybridized carbons (Fsp3) is 0.278. The summed E-state index contributed by atoms with van der Waals surface area (Å²) in [6.45, 7) is -0.936. The number of benzene rings is 2. The van der Waals surface area contributed by atoms with Crippen LogP contribution >= 0.6 is 11.6 Å². The summed E-state index contributed by atoms with van der Waals surface area (Å²) in [5.74, 6) is -0.154. The first-order chi connectivity index (χ1) is 11.4. The van der Waals surface area contributed by atoms with Gasteiger partial charge in [-0.2, -0.15) is 8.78 Å². The maximum atomic E-state index is 12.5. The van der Waals surface area contributed by atoms with E-state index in [0.717, 1.165) is 5.56 Å². The second-order valence-electron chi connectivity index (χ2n) is 5.50. The van der Waals surface area contributed by atoms with Gasteiger partial charge in [0, 0.05) is 23.7 Å². The lowest BCUT2D eigenvalue weighted by Crippen LogP contribution is -2.36. The molecule has 0 aliphatic carbocycles. The number of likely N-dealkylation sites (N-methyl/N-ethyl adjacent to an activating group) is 1. The number of amides is 1. The molecule has 1 unspecified atom stereocenters. The molecule has 24 heavy (non-hydrogen) atoms. The van der Waals surface area contributed by atoms with Gasteiger partial charge >= 0.3 is 6.61 Å². The molecule has 2 aromatic carbocycles. The van der Waals surface area contributed by atoms with Gasteiger partial charge < -0.3 is 9.64 Å². The number of halogens is 3.